The van der Waals surface area contributed by atoms with E-state index in [4.69, 9.17) is 11.6 Å². The second kappa shape index (κ2) is 12.1. The summed E-state index contributed by atoms with van der Waals surface area (Å²) in [6.07, 6.45) is 4.14. The number of rotatable bonds is 3. The van der Waals surface area contributed by atoms with Gasteiger partial charge in [-0.05, 0) is 49.7 Å². The van der Waals surface area contributed by atoms with E-state index < -0.39 is 0 Å². The summed E-state index contributed by atoms with van der Waals surface area (Å²) in [7, 11) is 0. The smallest absolute Gasteiger partial charge is 0.270 e. The number of pyridine rings is 1. The molecule has 0 saturated carbocycles. The average Bonchev–Trinajstić information content (AvgIpc) is 3.48. The van der Waals surface area contributed by atoms with Gasteiger partial charge in [-0.2, -0.15) is 0 Å². The van der Waals surface area contributed by atoms with Crippen LogP contribution in [-0.2, 0) is 0 Å². The molecule has 1 aliphatic rings. The summed E-state index contributed by atoms with van der Waals surface area (Å²) in [5, 5.41) is 8.18. The molecule has 9 heteroatoms. The quantitative estimate of drug-likeness (QED) is 0.447. The minimum atomic E-state index is -0.183. The number of halogens is 2. The van der Waals surface area contributed by atoms with E-state index in [0.29, 0.717) is 17.3 Å². The molecule has 1 amide bonds. The minimum absolute atomic E-state index is 0.0614. The molecule has 7 nitrogen and oxygen atoms in total. The van der Waals surface area contributed by atoms with E-state index in [2.05, 4.69) is 25.3 Å². The number of fused-ring (bicyclic) bond motifs is 1. The summed E-state index contributed by atoms with van der Waals surface area (Å²) >= 11 is 5.80. The molecule has 1 N–H and O–H groups in total. The highest BCUT2D eigenvalue weighted by atomic mass is 35.5. The Morgan fingerprint density at radius 2 is 1.82 bits per heavy atom. The van der Waals surface area contributed by atoms with E-state index in [-0.39, 0.29) is 17.8 Å². The van der Waals surface area contributed by atoms with E-state index in [0.717, 1.165) is 30.1 Å². The van der Waals surface area contributed by atoms with Gasteiger partial charge in [-0.15, -0.1) is 5.10 Å². The predicted molar refractivity (Wildman–Crippen MR) is 133 cm³/mol. The number of benzene rings is 1. The van der Waals surface area contributed by atoms with Crippen molar-refractivity contribution in [1.82, 2.24) is 24.9 Å². The number of imidazole rings is 1. The Hall–Kier alpha value is -3.52. The molecule has 1 atom stereocenters. The number of hydrogen-bond donors (Lipinski definition) is 1. The van der Waals surface area contributed by atoms with Gasteiger partial charge in [-0.1, -0.05) is 43.6 Å². The van der Waals surface area contributed by atoms with Crippen LogP contribution >= 0.6 is 11.6 Å². The molecule has 178 valence electrons. The van der Waals surface area contributed by atoms with E-state index >= 15 is 0 Å². The fourth-order valence-corrected chi connectivity index (χ4v) is 3.53. The van der Waals surface area contributed by atoms with Crippen LogP contribution in [0.4, 0.5) is 10.2 Å². The summed E-state index contributed by atoms with van der Waals surface area (Å²) in [6, 6.07) is 15.2. The first kappa shape index (κ1) is 25.1. The Kier molecular flexibility index (Phi) is 8.93. The van der Waals surface area contributed by atoms with Crippen molar-refractivity contribution in [3.8, 4) is 0 Å². The molecule has 4 aromatic rings. The van der Waals surface area contributed by atoms with Gasteiger partial charge in [0.05, 0.1) is 16.9 Å². The third kappa shape index (κ3) is 6.51. The highest BCUT2D eigenvalue weighted by molar-refractivity contribution is 6.30. The van der Waals surface area contributed by atoms with Gasteiger partial charge in [0.15, 0.2) is 5.65 Å². The number of nitrogens with one attached hydrogen (secondary N) is 1. The number of nitrogens with zero attached hydrogens (tertiary/aromatic N) is 5. The van der Waals surface area contributed by atoms with Gasteiger partial charge >= 0.3 is 0 Å². The lowest BCUT2D eigenvalue weighted by Crippen LogP contribution is -2.37. The lowest BCUT2D eigenvalue weighted by atomic mass is 10.2. The van der Waals surface area contributed by atoms with Crippen molar-refractivity contribution in [1.29, 1.82) is 0 Å². The summed E-state index contributed by atoms with van der Waals surface area (Å²) < 4.78 is 13.7. The maximum atomic E-state index is 12.3. The van der Waals surface area contributed by atoms with Crippen LogP contribution in [0.1, 0.15) is 36.5 Å². The first-order valence-electron chi connectivity index (χ1n) is 11.2. The fourth-order valence-electron chi connectivity index (χ4n) is 3.42. The normalized spacial score (nSPS) is 14.6. The summed E-state index contributed by atoms with van der Waals surface area (Å²) in [4.78, 5) is 22.8. The third-order valence-electron chi connectivity index (χ3n) is 5.06. The Bertz CT molecular complexity index is 1200. The van der Waals surface area contributed by atoms with Crippen LogP contribution in [0.15, 0.2) is 67.0 Å². The number of anilines is 1. The summed E-state index contributed by atoms with van der Waals surface area (Å²) in [6.45, 7) is 7.53. The zero-order chi connectivity index (χ0) is 24.5. The molecule has 0 radical (unpaired) electrons. The molecule has 0 spiro atoms. The number of aryl methyl sites for hydroxylation is 1. The molecule has 4 heterocycles. The van der Waals surface area contributed by atoms with Crippen molar-refractivity contribution in [3.63, 3.8) is 0 Å². The van der Waals surface area contributed by atoms with E-state index in [9.17, 15) is 9.18 Å². The van der Waals surface area contributed by atoms with Crippen LogP contribution in [0.2, 0.25) is 5.02 Å². The van der Waals surface area contributed by atoms with Gasteiger partial charge in [0.1, 0.15) is 17.3 Å². The first-order valence-corrected chi connectivity index (χ1v) is 11.6. The zero-order valence-electron chi connectivity index (χ0n) is 19.4. The number of carbonyl (C=O) groups is 1. The molecule has 1 aromatic carbocycles. The SMILES string of the molecule is CC.Cc1cnc2ccc(N3CC[C@H](NC(=O)c4ccc(Cl)cn4)C3)nn12.Fc1ccccc1. The van der Waals surface area contributed by atoms with Crippen LogP contribution in [0.25, 0.3) is 5.65 Å². The lowest BCUT2D eigenvalue weighted by Gasteiger charge is -2.18. The van der Waals surface area contributed by atoms with Gasteiger partial charge in [0.25, 0.3) is 5.91 Å². The van der Waals surface area contributed by atoms with Gasteiger partial charge in [0, 0.05) is 25.3 Å². The molecule has 0 bridgehead atoms. The maximum absolute atomic E-state index is 12.3. The Balaban J connectivity index is 0.000000306. The van der Waals surface area contributed by atoms with Gasteiger partial charge in [0.2, 0.25) is 0 Å². The Morgan fingerprint density at radius 3 is 2.47 bits per heavy atom. The molecule has 3 aromatic heterocycles. The summed E-state index contributed by atoms with van der Waals surface area (Å²) in [5.41, 5.74) is 2.20. The van der Waals surface area contributed by atoms with Crippen molar-refractivity contribution < 1.29 is 9.18 Å². The number of carbonyl (C=O) groups excluding carboxylic acids is 1. The van der Waals surface area contributed by atoms with E-state index in [1.807, 2.05) is 37.4 Å². The van der Waals surface area contributed by atoms with Crippen LogP contribution in [0, 0.1) is 12.7 Å². The van der Waals surface area contributed by atoms with Crippen molar-refractivity contribution in [2.24, 2.45) is 0 Å². The zero-order valence-corrected chi connectivity index (χ0v) is 20.2. The average molecular weight is 483 g/mol. The largest absolute Gasteiger partial charge is 0.353 e. The molecule has 5 rings (SSSR count). The van der Waals surface area contributed by atoms with Crippen molar-refractivity contribution in [2.75, 3.05) is 18.0 Å². The van der Waals surface area contributed by atoms with Crippen molar-refractivity contribution in [3.05, 3.63) is 89.2 Å². The fraction of sp³-hybridized carbons (Fsp3) is 0.280. The van der Waals surface area contributed by atoms with E-state index in [1.165, 1.54) is 18.3 Å². The first-order chi connectivity index (χ1) is 16.5. The Labute approximate surface area is 203 Å². The number of hydrogen-bond acceptors (Lipinski definition) is 5. The van der Waals surface area contributed by atoms with Crippen molar-refractivity contribution >= 4 is 29.0 Å². The van der Waals surface area contributed by atoms with Gasteiger partial charge < -0.3 is 10.2 Å². The van der Waals surface area contributed by atoms with Crippen LogP contribution < -0.4 is 10.2 Å². The number of aromatic nitrogens is 4. The molecule has 34 heavy (non-hydrogen) atoms. The van der Waals surface area contributed by atoms with Gasteiger partial charge in [-0.25, -0.2) is 18.9 Å². The molecule has 0 unspecified atom stereocenters. The lowest BCUT2D eigenvalue weighted by molar-refractivity contribution is 0.0935. The minimum Gasteiger partial charge on any atom is -0.353 e. The number of amides is 1. The molecule has 1 fully saturated rings. The molecule has 0 aliphatic carbocycles. The van der Waals surface area contributed by atoms with Crippen molar-refractivity contribution in [2.45, 2.75) is 33.2 Å². The standard InChI is InChI=1S/C17H17ClN6O.C6H5F.C2H6/c1-11-8-20-15-4-5-16(22-24(11)15)23-7-6-13(10-23)21-17(25)14-3-2-12(18)9-19-14;7-6-4-2-1-3-5-6;1-2/h2-5,8-9,13H,6-7,10H2,1H3,(H,21,25);1-5H;1-2H3/t13-;;/m0../s1. The topological polar surface area (TPSA) is 75.4 Å². The second-order valence-corrected chi connectivity index (χ2v) is 7.86. The maximum Gasteiger partial charge on any atom is 0.270 e. The Morgan fingerprint density at radius 1 is 1.06 bits per heavy atom. The van der Waals surface area contributed by atoms with Gasteiger partial charge in [-0.3, -0.25) is 4.79 Å². The second-order valence-electron chi connectivity index (χ2n) is 7.42. The molecular weight excluding hydrogens is 455 g/mol. The van der Waals surface area contributed by atoms with Crippen LogP contribution in [-0.4, -0.2) is 44.6 Å². The predicted octanol–water partition coefficient (Wildman–Crippen LogP) is 4.95. The summed E-state index contributed by atoms with van der Waals surface area (Å²) in [5.74, 6) is 0.523. The molecule has 1 aliphatic heterocycles. The highest BCUT2D eigenvalue weighted by Gasteiger charge is 2.26. The van der Waals surface area contributed by atoms with Crippen LogP contribution in [0.3, 0.4) is 0 Å². The molecule has 1 saturated heterocycles. The van der Waals surface area contributed by atoms with Crippen LogP contribution in [0.5, 0.6) is 0 Å². The van der Waals surface area contributed by atoms with E-state index in [1.54, 1.807) is 36.5 Å². The highest BCUT2D eigenvalue weighted by Crippen LogP contribution is 2.19. The third-order valence-corrected chi connectivity index (χ3v) is 5.28. The molecular formula is C25H28ClFN6O. The monoisotopic (exact) mass is 482 g/mol.